The standard InChI is InChI=1S/C11H13FN2O2S/c1-3-6-13-11(15)14-8-4-5-10(17(2)16)9(12)7-8/h3-5,7H,1,6H2,2H3,(H2,13,14,15)/t17-/m1/s1. The molecule has 0 saturated heterocycles. The highest BCUT2D eigenvalue weighted by atomic mass is 32.2. The molecule has 1 rings (SSSR count). The maximum absolute atomic E-state index is 13.4. The molecule has 0 aromatic heterocycles. The van der Waals surface area contributed by atoms with Crippen molar-refractivity contribution in [3.63, 3.8) is 0 Å². The third-order valence-electron chi connectivity index (χ3n) is 1.91. The summed E-state index contributed by atoms with van der Waals surface area (Å²) in [4.78, 5) is 11.4. The van der Waals surface area contributed by atoms with Crippen LogP contribution in [0.1, 0.15) is 0 Å². The number of benzene rings is 1. The number of urea groups is 1. The van der Waals surface area contributed by atoms with Crippen LogP contribution in [-0.2, 0) is 10.8 Å². The van der Waals surface area contributed by atoms with Crippen molar-refractivity contribution in [2.75, 3.05) is 18.1 Å². The number of amides is 2. The predicted molar refractivity (Wildman–Crippen MR) is 66.0 cm³/mol. The second-order valence-corrected chi connectivity index (χ2v) is 4.57. The summed E-state index contributed by atoms with van der Waals surface area (Å²) in [5.74, 6) is -0.604. The lowest BCUT2D eigenvalue weighted by atomic mass is 10.3. The van der Waals surface area contributed by atoms with Crippen LogP contribution in [0.4, 0.5) is 14.9 Å². The van der Waals surface area contributed by atoms with E-state index in [1.807, 2.05) is 0 Å². The van der Waals surface area contributed by atoms with E-state index in [0.29, 0.717) is 12.2 Å². The first kappa shape index (κ1) is 13.4. The Morgan fingerprint density at radius 1 is 1.59 bits per heavy atom. The van der Waals surface area contributed by atoms with Crippen molar-refractivity contribution >= 4 is 22.5 Å². The molecule has 6 heteroatoms. The minimum absolute atomic E-state index is 0.113. The van der Waals surface area contributed by atoms with Gasteiger partial charge in [-0.25, -0.2) is 9.18 Å². The lowest BCUT2D eigenvalue weighted by Gasteiger charge is -2.07. The number of nitrogens with one attached hydrogen (secondary N) is 2. The molecule has 0 spiro atoms. The summed E-state index contributed by atoms with van der Waals surface area (Å²) in [7, 11) is -1.38. The number of hydrogen-bond acceptors (Lipinski definition) is 2. The summed E-state index contributed by atoms with van der Waals surface area (Å²) in [5, 5.41) is 4.93. The van der Waals surface area contributed by atoms with E-state index in [2.05, 4.69) is 17.2 Å². The maximum atomic E-state index is 13.4. The highest BCUT2D eigenvalue weighted by Crippen LogP contribution is 2.16. The molecule has 0 aliphatic carbocycles. The van der Waals surface area contributed by atoms with Crippen LogP contribution in [0.2, 0.25) is 0 Å². The molecule has 1 atom stereocenters. The lowest BCUT2D eigenvalue weighted by molar-refractivity contribution is 0.253. The first-order valence-electron chi connectivity index (χ1n) is 4.83. The van der Waals surface area contributed by atoms with Gasteiger partial charge in [0.2, 0.25) is 0 Å². The Labute approximate surface area is 101 Å². The van der Waals surface area contributed by atoms with E-state index in [4.69, 9.17) is 0 Å². The van der Waals surface area contributed by atoms with Crippen LogP contribution < -0.4 is 10.6 Å². The predicted octanol–water partition coefficient (Wildman–Crippen LogP) is 1.87. The molecule has 0 bridgehead atoms. The lowest BCUT2D eigenvalue weighted by Crippen LogP contribution is -2.28. The Hall–Kier alpha value is -1.69. The van der Waals surface area contributed by atoms with Crippen LogP contribution in [-0.4, -0.2) is 23.0 Å². The zero-order valence-corrected chi connectivity index (χ0v) is 10.1. The second kappa shape index (κ2) is 6.15. The van der Waals surface area contributed by atoms with Gasteiger partial charge in [0.15, 0.2) is 0 Å². The smallest absolute Gasteiger partial charge is 0.319 e. The van der Waals surface area contributed by atoms with Gasteiger partial charge < -0.3 is 10.6 Å². The fraction of sp³-hybridized carbons (Fsp3) is 0.182. The average Bonchev–Trinajstić information content (AvgIpc) is 2.26. The van der Waals surface area contributed by atoms with Gasteiger partial charge in [-0.2, -0.15) is 0 Å². The van der Waals surface area contributed by atoms with Crippen molar-refractivity contribution < 1.29 is 13.4 Å². The van der Waals surface area contributed by atoms with E-state index in [1.54, 1.807) is 0 Å². The van der Waals surface area contributed by atoms with Gasteiger partial charge in [-0.15, -0.1) is 6.58 Å². The highest BCUT2D eigenvalue weighted by Gasteiger charge is 2.08. The molecule has 2 amide bonds. The summed E-state index contributed by atoms with van der Waals surface area (Å²) < 4.78 is 24.5. The summed E-state index contributed by atoms with van der Waals surface area (Å²) >= 11 is 0. The van der Waals surface area contributed by atoms with Gasteiger partial charge in [-0.05, 0) is 18.2 Å². The van der Waals surface area contributed by atoms with Crippen LogP contribution in [0.25, 0.3) is 0 Å². The molecule has 1 aromatic rings. The molecular weight excluding hydrogens is 243 g/mol. The third-order valence-corrected chi connectivity index (χ3v) is 2.86. The molecule has 17 heavy (non-hydrogen) atoms. The zero-order valence-electron chi connectivity index (χ0n) is 9.33. The number of hydrogen-bond donors (Lipinski definition) is 2. The topological polar surface area (TPSA) is 58.2 Å². The number of carbonyl (C=O) groups excluding carboxylic acids is 1. The minimum Gasteiger partial charge on any atom is -0.334 e. The van der Waals surface area contributed by atoms with Gasteiger partial charge in [0, 0.05) is 18.5 Å². The molecule has 2 N–H and O–H groups in total. The van der Waals surface area contributed by atoms with E-state index in [-0.39, 0.29) is 4.90 Å². The van der Waals surface area contributed by atoms with Gasteiger partial charge in [0.1, 0.15) is 5.82 Å². The summed E-state index contributed by atoms with van der Waals surface area (Å²) in [5.41, 5.74) is 0.304. The van der Waals surface area contributed by atoms with Gasteiger partial charge in [0.05, 0.1) is 15.7 Å². The fourth-order valence-electron chi connectivity index (χ4n) is 1.15. The Kier molecular flexibility index (Phi) is 4.84. The van der Waals surface area contributed by atoms with E-state index in [9.17, 15) is 13.4 Å². The van der Waals surface area contributed by atoms with Crippen molar-refractivity contribution in [1.82, 2.24) is 5.32 Å². The van der Waals surface area contributed by atoms with Crippen LogP contribution in [0.3, 0.4) is 0 Å². The van der Waals surface area contributed by atoms with Crippen LogP contribution >= 0.6 is 0 Å². The van der Waals surface area contributed by atoms with Gasteiger partial charge in [0.25, 0.3) is 0 Å². The molecular formula is C11H13FN2O2S. The minimum atomic E-state index is -1.38. The van der Waals surface area contributed by atoms with E-state index >= 15 is 0 Å². The van der Waals surface area contributed by atoms with Gasteiger partial charge in [-0.3, -0.25) is 4.21 Å². The van der Waals surface area contributed by atoms with Crippen molar-refractivity contribution in [1.29, 1.82) is 0 Å². The Morgan fingerprint density at radius 3 is 2.82 bits per heavy atom. The first-order valence-corrected chi connectivity index (χ1v) is 6.39. The third kappa shape index (κ3) is 3.99. The summed E-state index contributed by atoms with van der Waals surface area (Å²) in [6.07, 6.45) is 2.92. The largest absolute Gasteiger partial charge is 0.334 e. The Balaban J connectivity index is 2.74. The average molecular weight is 256 g/mol. The quantitative estimate of drug-likeness (QED) is 0.808. The van der Waals surface area contributed by atoms with Gasteiger partial charge in [-0.1, -0.05) is 6.08 Å². The van der Waals surface area contributed by atoms with Crippen molar-refractivity contribution in [3.8, 4) is 0 Å². The van der Waals surface area contributed by atoms with Gasteiger partial charge >= 0.3 is 6.03 Å². The normalized spacial score (nSPS) is 11.6. The van der Waals surface area contributed by atoms with E-state index in [0.717, 1.165) is 6.07 Å². The van der Waals surface area contributed by atoms with Crippen molar-refractivity contribution in [3.05, 3.63) is 36.7 Å². The van der Waals surface area contributed by atoms with Crippen molar-refractivity contribution in [2.45, 2.75) is 4.90 Å². The maximum Gasteiger partial charge on any atom is 0.319 e. The van der Waals surface area contributed by atoms with Crippen LogP contribution in [0, 0.1) is 5.82 Å². The zero-order chi connectivity index (χ0) is 12.8. The Morgan fingerprint density at radius 2 is 2.29 bits per heavy atom. The SMILES string of the molecule is C=CCNC(=O)Nc1ccc([S@@](C)=O)c(F)c1. The highest BCUT2D eigenvalue weighted by molar-refractivity contribution is 7.84. The molecule has 0 aliphatic rings. The monoisotopic (exact) mass is 256 g/mol. The number of halogens is 1. The molecule has 0 aliphatic heterocycles. The Bertz CT molecular complexity index is 463. The first-order chi connectivity index (χ1) is 8.04. The van der Waals surface area contributed by atoms with Crippen LogP contribution in [0.5, 0.6) is 0 Å². The summed E-state index contributed by atoms with van der Waals surface area (Å²) in [6, 6.07) is 3.56. The molecule has 92 valence electrons. The molecule has 0 saturated carbocycles. The molecule has 0 heterocycles. The summed E-state index contributed by atoms with van der Waals surface area (Å²) in [6.45, 7) is 3.77. The second-order valence-electron chi connectivity index (χ2n) is 3.22. The molecule has 0 fully saturated rings. The number of carbonyl (C=O) groups is 1. The molecule has 0 unspecified atom stereocenters. The fourth-order valence-corrected chi connectivity index (χ4v) is 1.75. The van der Waals surface area contributed by atoms with E-state index < -0.39 is 22.6 Å². The molecule has 4 nitrogen and oxygen atoms in total. The molecule has 0 radical (unpaired) electrons. The van der Waals surface area contributed by atoms with Crippen LogP contribution in [0.15, 0.2) is 35.7 Å². The number of anilines is 1. The van der Waals surface area contributed by atoms with E-state index in [1.165, 1.54) is 24.5 Å². The molecule has 1 aromatic carbocycles. The van der Waals surface area contributed by atoms with Crippen molar-refractivity contribution in [2.24, 2.45) is 0 Å². The number of rotatable bonds is 4.